The molecule has 0 aliphatic heterocycles. The molecule has 1 aromatic rings. The molecule has 0 amide bonds. The first kappa shape index (κ1) is 15.8. The largest absolute Gasteiger partial charge is 0.591 e. The highest BCUT2D eigenvalue weighted by molar-refractivity contribution is 7.91. The van der Waals surface area contributed by atoms with Crippen LogP contribution in [0.2, 0.25) is 0 Å². The number of pyridine rings is 1. The lowest BCUT2D eigenvalue weighted by Gasteiger charge is -2.17. The smallest absolute Gasteiger partial charge is 0.574 e. The lowest BCUT2D eigenvalue weighted by atomic mass is 10.3. The fourth-order valence-electron chi connectivity index (χ4n) is 0.946. The molecule has 1 rings (SSSR count). The highest BCUT2D eigenvalue weighted by Gasteiger charge is 2.31. The van der Waals surface area contributed by atoms with Crippen LogP contribution in [0.1, 0.15) is 26.3 Å². The van der Waals surface area contributed by atoms with Crippen molar-refractivity contribution in [1.29, 1.82) is 0 Å². The Morgan fingerprint density at radius 2 is 2.00 bits per heavy atom. The maximum Gasteiger partial charge on any atom is 0.574 e. The van der Waals surface area contributed by atoms with Crippen molar-refractivity contribution in [3.8, 4) is 5.88 Å². The van der Waals surface area contributed by atoms with E-state index in [0.717, 1.165) is 12.3 Å². The predicted molar refractivity (Wildman–Crippen MR) is 66.4 cm³/mol. The Labute approximate surface area is 112 Å². The van der Waals surface area contributed by atoms with Gasteiger partial charge in [-0.05, 0) is 26.8 Å². The lowest BCUT2D eigenvalue weighted by Crippen LogP contribution is -2.25. The normalized spacial score (nSPS) is 14.7. The van der Waals surface area contributed by atoms with E-state index in [1.165, 1.54) is 12.3 Å². The Morgan fingerprint density at radius 1 is 1.37 bits per heavy atom. The Bertz CT molecular complexity index is 458. The van der Waals surface area contributed by atoms with Gasteiger partial charge >= 0.3 is 6.36 Å². The van der Waals surface area contributed by atoms with E-state index >= 15 is 0 Å². The number of nitrogens with zero attached hydrogens (tertiary/aromatic N) is 2. The van der Waals surface area contributed by atoms with Gasteiger partial charge in [0.15, 0.2) is 0 Å². The van der Waals surface area contributed by atoms with E-state index in [4.69, 9.17) is 0 Å². The molecule has 0 saturated carbocycles. The average Bonchev–Trinajstić information content (AvgIpc) is 2.22. The van der Waals surface area contributed by atoms with Crippen molar-refractivity contribution in [2.45, 2.75) is 31.9 Å². The molecule has 1 heterocycles. The Balaban J connectivity index is 2.80. The third kappa shape index (κ3) is 5.93. The van der Waals surface area contributed by atoms with E-state index in [9.17, 15) is 17.7 Å². The van der Waals surface area contributed by atoms with Gasteiger partial charge < -0.3 is 9.29 Å². The summed E-state index contributed by atoms with van der Waals surface area (Å²) in [6.45, 7) is 5.22. The molecule has 8 heteroatoms. The SMILES string of the molecule is CC(C)(C)[S+]([O-])N=Cc1ccnc(OC(F)(F)F)c1. The van der Waals surface area contributed by atoms with Crippen LogP contribution < -0.4 is 4.74 Å². The van der Waals surface area contributed by atoms with Crippen LogP contribution in [0.15, 0.2) is 22.7 Å². The van der Waals surface area contributed by atoms with Gasteiger partial charge in [-0.1, -0.05) is 4.40 Å². The number of aromatic nitrogens is 1. The number of ether oxygens (including phenoxy) is 1. The van der Waals surface area contributed by atoms with Crippen LogP contribution in [0.4, 0.5) is 13.2 Å². The van der Waals surface area contributed by atoms with Gasteiger partial charge in [-0.15, -0.1) is 13.2 Å². The molecule has 106 valence electrons. The minimum Gasteiger partial charge on any atom is -0.591 e. The highest BCUT2D eigenvalue weighted by atomic mass is 32.2. The summed E-state index contributed by atoms with van der Waals surface area (Å²) in [6.07, 6.45) is -2.41. The van der Waals surface area contributed by atoms with Gasteiger partial charge in [0.1, 0.15) is 16.1 Å². The second-order valence-electron chi connectivity index (χ2n) is 4.57. The summed E-state index contributed by atoms with van der Waals surface area (Å²) in [5, 5.41) is 0. The summed E-state index contributed by atoms with van der Waals surface area (Å²) in [6, 6.07) is 2.50. The topological polar surface area (TPSA) is 57.5 Å². The first-order chi connectivity index (χ1) is 8.58. The van der Waals surface area contributed by atoms with Crippen molar-refractivity contribution >= 4 is 17.6 Å². The summed E-state index contributed by atoms with van der Waals surface area (Å²) in [5.41, 5.74) is 0.326. The number of hydrogen-bond donors (Lipinski definition) is 0. The van der Waals surface area contributed by atoms with E-state index in [0.29, 0.717) is 5.56 Å². The summed E-state index contributed by atoms with van der Waals surface area (Å²) >= 11 is -1.48. The average molecular weight is 294 g/mol. The number of rotatable bonds is 3. The van der Waals surface area contributed by atoms with Gasteiger partial charge in [0.2, 0.25) is 5.88 Å². The Hall–Kier alpha value is -1.28. The van der Waals surface area contributed by atoms with Crippen LogP contribution in [0.3, 0.4) is 0 Å². The molecule has 0 saturated heterocycles. The third-order valence-corrected chi connectivity index (χ3v) is 3.15. The maximum absolute atomic E-state index is 12.0. The van der Waals surface area contributed by atoms with Gasteiger partial charge in [0.25, 0.3) is 0 Å². The molecule has 0 fully saturated rings. The zero-order valence-electron chi connectivity index (χ0n) is 10.6. The van der Waals surface area contributed by atoms with Gasteiger partial charge in [-0.2, -0.15) is 0 Å². The van der Waals surface area contributed by atoms with E-state index in [1.54, 1.807) is 20.8 Å². The number of halogens is 3. The van der Waals surface area contributed by atoms with E-state index < -0.39 is 28.4 Å². The molecule has 1 aromatic heterocycles. The Morgan fingerprint density at radius 3 is 2.53 bits per heavy atom. The van der Waals surface area contributed by atoms with Crippen molar-refractivity contribution in [2.75, 3.05) is 0 Å². The van der Waals surface area contributed by atoms with Crippen LogP contribution in [0.25, 0.3) is 0 Å². The summed E-state index contributed by atoms with van der Waals surface area (Å²) in [7, 11) is 0. The molecule has 0 aliphatic rings. The standard InChI is InChI=1S/C11H13F3N2O2S/c1-10(2,3)19(17)16-7-8-4-5-15-9(6-8)18-11(12,13)14/h4-7H,1-3H3. The first-order valence-corrected chi connectivity index (χ1v) is 6.36. The first-order valence-electron chi connectivity index (χ1n) is 5.26. The molecule has 0 radical (unpaired) electrons. The highest BCUT2D eigenvalue weighted by Crippen LogP contribution is 2.21. The van der Waals surface area contributed by atoms with Crippen molar-refractivity contribution in [3.05, 3.63) is 23.9 Å². The van der Waals surface area contributed by atoms with Gasteiger partial charge in [-0.3, -0.25) is 0 Å². The molecular formula is C11H13F3N2O2S. The van der Waals surface area contributed by atoms with Crippen LogP contribution >= 0.6 is 0 Å². The molecule has 19 heavy (non-hydrogen) atoms. The molecule has 1 atom stereocenters. The Kier molecular flexibility index (Phi) is 4.81. The van der Waals surface area contributed by atoms with Crippen LogP contribution in [0.5, 0.6) is 5.88 Å². The van der Waals surface area contributed by atoms with Gasteiger partial charge in [0, 0.05) is 17.8 Å². The predicted octanol–water partition coefficient (Wildman–Crippen LogP) is 2.86. The molecule has 4 nitrogen and oxygen atoms in total. The molecule has 1 unspecified atom stereocenters. The molecule has 0 bridgehead atoms. The van der Waals surface area contributed by atoms with E-state index in [-0.39, 0.29) is 0 Å². The number of hydrogen-bond acceptors (Lipinski definition) is 4. The summed E-state index contributed by atoms with van der Waals surface area (Å²) in [4.78, 5) is 3.42. The van der Waals surface area contributed by atoms with Gasteiger partial charge in [-0.25, -0.2) is 4.98 Å². The van der Waals surface area contributed by atoms with Crippen molar-refractivity contribution < 1.29 is 22.5 Å². The number of alkyl halides is 3. The van der Waals surface area contributed by atoms with Crippen molar-refractivity contribution in [2.24, 2.45) is 4.40 Å². The monoisotopic (exact) mass is 294 g/mol. The van der Waals surface area contributed by atoms with Crippen molar-refractivity contribution in [3.63, 3.8) is 0 Å². The second-order valence-corrected chi connectivity index (χ2v) is 6.51. The minimum absolute atomic E-state index is 0.326. The molecule has 0 aliphatic carbocycles. The summed E-state index contributed by atoms with van der Waals surface area (Å²) in [5.74, 6) is -0.585. The van der Waals surface area contributed by atoms with Gasteiger partial charge in [0.05, 0.1) is 6.21 Å². The fourth-order valence-corrected chi connectivity index (χ4v) is 1.48. The van der Waals surface area contributed by atoms with Crippen LogP contribution in [0, 0.1) is 0 Å². The zero-order chi connectivity index (χ0) is 14.7. The lowest BCUT2D eigenvalue weighted by molar-refractivity contribution is -0.276. The fraction of sp³-hybridized carbons (Fsp3) is 0.455. The van der Waals surface area contributed by atoms with E-state index in [1.807, 2.05) is 0 Å². The molecule has 0 N–H and O–H groups in total. The van der Waals surface area contributed by atoms with Crippen LogP contribution in [-0.4, -0.2) is 26.9 Å². The van der Waals surface area contributed by atoms with Crippen LogP contribution in [-0.2, 0) is 11.4 Å². The minimum atomic E-state index is -4.79. The zero-order valence-corrected chi connectivity index (χ0v) is 11.4. The van der Waals surface area contributed by atoms with Crippen molar-refractivity contribution in [1.82, 2.24) is 4.98 Å². The maximum atomic E-state index is 12.0. The summed E-state index contributed by atoms with van der Waals surface area (Å²) < 4.78 is 54.6. The molecular weight excluding hydrogens is 281 g/mol. The second kappa shape index (κ2) is 5.79. The third-order valence-electron chi connectivity index (χ3n) is 1.80. The molecule has 0 aromatic carbocycles. The quantitative estimate of drug-likeness (QED) is 0.636. The van der Waals surface area contributed by atoms with E-state index in [2.05, 4.69) is 14.1 Å². The molecule has 0 spiro atoms.